The third kappa shape index (κ3) is 5.67. The number of carbonyl (C=O) groups excluding carboxylic acids is 2. The van der Waals surface area contributed by atoms with E-state index in [9.17, 15) is 9.59 Å². The summed E-state index contributed by atoms with van der Waals surface area (Å²) < 4.78 is 19.5. The second-order valence-corrected chi connectivity index (χ2v) is 8.69. The predicted molar refractivity (Wildman–Crippen MR) is 142 cm³/mol. The van der Waals surface area contributed by atoms with Crippen molar-refractivity contribution in [3.8, 4) is 22.9 Å². The molecule has 0 bridgehead atoms. The Balaban J connectivity index is 1.92. The average Bonchev–Trinajstić information content (AvgIpc) is 3.25. The monoisotopic (exact) mass is 498 g/mol. The topological polar surface area (TPSA) is 70.0 Å². The largest absolute Gasteiger partial charge is 0.497 e. The molecule has 1 amide bonds. The summed E-state index contributed by atoms with van der Waals surface area (Å²) in [6.45, 7) is 1.85. The molecule has 0 aliphatic carbocycles. The van der Waals surface area contributed by atoms with Crippen LogP contribution in [0.5, 0.6) is 17.2 Å². The minimum Gasteiger partial charge on any atom is -0.497 e. The van der Waals surface area contributed by atoms with Crippen LogP contribution in [0.2, 0.25) is 0 Å². The van der Waals surface area contributed by atoms with E-state index < -0.39 is 0 Å². The number of amides is 1. The number of aromatic nitrogens is 1. The van der Waals surface area contributed by atoms with Crippen molar-refractivity contribution < 1.29 is 23.8 Å². The summed E-state index contributed by atoms with van der Waals surface area (Å²) >= 11 is 0. The Morgan fingerprint density at radius 2 is 1.22 bits per heavy atom. The minimum atomic E-state index is -0.323. The van der Waals surface area contributed by atoms with E-state index in [0.29, 0.717) is 11.4 Å². The van der Waals surface area contributed by atoms with Gasteiger partial charge in [0.05, 0.1) is 7.11 Å². The Hall–Kier alpha value is -4.52. The van der Waals surface area contributed by atoms with Crippen LogP contribution in [0.3, 0.4) is 0 Å². The number of ketones is 1. The van der Waals surface area contributed by atoms with E-state index in [1.165, 1.54) is 11.8 Å². The molecule has 0 fully saturated rings. The summed E-state index contributed by atoms with van der Waals surface area (Å²) in [6, 6.07) is 26.4. The summed E-state index contributed by atoms with van der Waals surface area (Å²) in [6.07, 6.45) is 0. The number of rotatable bonds is 10. The highest BCUT2D eigenvalue weighted by atomic mass is 16.5. The van der Waals surface area contributed by atoms with Crippen LogP contribution in [0.25, 0.3) is 5.69 Å². The van der Waals surface area contributed by atoms with Crippen molar-refractivity contribution >= 4 is 11.7 Å². The number of nitrogens with zero attached hydrogens (tertiary/aromatic N) is 2. The van der Waals surface area contributed by atoms with Gasteiger partial charge in [-0.25, -0.2) is 0 Å². The van der Waals surface area contributed by atoms with Crippen LogP contribution in [0.4, 0.5) is 0 Å². The summed E-state index contributed by atoms with van der Waals surface area (Å²) in [5.41, 5.74) is 2.88. The molecule has 1 heterocycles. The van der Waals surface area contributed by atoms with Gasteiger partial charge in [0.1, 0.15) is 24.7 Å². The molecule has 0 N–H and O–H groups in total. The lowest BCUT2D eigenvalue weighted by molar-refractivity contribution is 0.0814. The molecule has 0 atom stereocenters. The number of ether oxygens (including phenoxy) is 3. The van der Waals surface area contributed by atoms with E-state index in [1.807, 2.05) is 60.7 Å². The molecule has 37 heavy (non-hydrogen) atoms. The quantitative estimate of drug-likeness (QED) is 0.268. The third-order valence-electron chi connectivity index (χ3n) is 5.81. The molecule has 3 aromatic carbocycles. The highest BCUT2D eigenvalue weighted by Crippen LogP contribution is 2.42. The van der Waals surface area contributed by atoms with E-state index in [-0.39, 0.29) is 47.8 Å². The molecular weight excluding hydrogens is 468 g/mol. The zero-order valence-electron chi connectivity index (χ0n) is 21.4. The van der Waals surface area contributed by atoms with Crippen LogP contribution < -0.4 is 14.2 Å². The number of hydrogen-bond donors (Lipinski definition) is 0. The first-order chi connectivity index (χ1) is 17.9. The lowest BCUT2D eigenvalue weighted by Crippen LogP contribution is -2.25. The molecule has 7 nitrogen and oxygen atoms in total. The Morgan fingerprint density at radius 3 is 1.65 bits per heavy atom. The van der Waals surface area contributed by atoms with Gasteiger partial charge in [-0.3, -0.25) is 14.2 Å². The van der Waals surface area contributed by atoms with Gasteiger partial charge >= 0.3 is 0 Å². The maximum Gasteiger partial charge on any atom is 0.274 e. The first-order valence-corrected chi connectivity index (χ1v) is 11.9. The van der Waals surface area contributed by atoms with Gasteiger partial charge in [0, 0.05) is 26.7 Å². The first kappa shape index (κ1) is 25.6. The van der Waals surface area contributed by atoms with Crippen LogP contribution in [0, 0.1) is 0 Å². The van der Waals surface area contributed by atoms with Crippen molar-refractivity contribution in [2.45, 2.75) is 20.1 Å². The Morgan fingerprint density at radius 1 is 0.730 bits per heavy atom. The van der Waals surface area contributed by atoms with Crippen molar-refractivity contribution in [1.29, 1.82) is 0 Å². The van der Waals surface area contributed by atoms with Gasteiger partial charge in [0.15, 0.2) is 23.0 Å². The summed E-state index contributed by atoms with van der Waals surface area (Å²) in [5, 5.41) is 0. The summed E-state index contributed by atoms with van der Waals surface area (Å²) in [4.78, 5) is 28.2. The van der Waals surface area contributed by atoms with Crippen LogP contribution in [-0.2, 0) is 13.2 Å². The smallest absolute Gasteiger partial charge is 0.274 e. The number of carbonyl (C=O) groups is 2. The molecule has 4 rings (SSSR count). The molecule has 4 aromatic rings. The Bertz CT molecular complexity index is 1360. The average molecular weight is 499 g/mol. The molecule has 0 radical (unpaired) electrons. The molecule has 190 valence electrons. The molecule has 0 aliphatic rings. The second-order valence-electron chi connectivity index (χ2n) is 8.69. The number of methoxy groups -OCH3 is 1. The fourth-order valence-electron chi connectivity index (χ4n) is 3.97. The van der Waals surface area contributed by atoms with Gasteiger partial charge in [0.2, 0.25) is 0 Å². The van der Waals surface area contributed by atoms with Crippen molar-refractivity contribution in [3.63, 3.8) is 0 Å². The number of benzene rings is 3. The van der Waals surface area contributed by atoms with Crippen molar-refractivity contribution in [2.24, 2.45) is 0 Å². The Labute approximate surface area is 216 Å². The second kappa shape index (κ2) is 11.5. The lowest BCUT2D eigenvalue weighted by Gasteiger charge is -2.16. The maximum atomic E-state index is 13.6. The van der Waals surface area contributed by atoms with Crippen LogP contribution in [-0.4, -0.2) is 42.4 Å². The lowest BCUT2D eigenvalue weighted by atomic mass is 10.2. The van der Waals surface area contributed by atoms with Gasteiger partial charge in [-0.15, -0.1) is 0 Å². The van der Waals surface area contributed by atoms with E-state index in [1.54, 1.807) is 50.0 Å². The fraction of sp³-hybridized carbons (Fsp3) is 0.200. The van der Waals surface area contributed by atoms with Gasteiger partial charge in [-0.2, -0.15) is 0 Å². The molecule has 0 aliphatic heterocycles. The Kier molecular flexibility index (Phi) is 7.93. The minimum absolute atomic E-state index is 0.195. The van der Waals surface area contributed by atoms with Crippen molar-refractivity contribution in [1.82, 2.24) is 9.47 Å². The molecule has 0 unspecified atom stereocenters. The zero-order chi connectivity index (χ0) is 26.4. The van der Waals surface area contributed by atoms with Gasteiger partial charge in [-0.05, 0) is 35.4 Å². The van der Waals surface area contributed by atoms with E-state index in [0.717, 1.165) is 11.1 Å². The predicted octanol–water partition coefficient (Wildman–Crippen LogP) is 5.55. The normalized spacial score (nSPS) is 10.6. The van der Waals surface area contributed by atoms with Crippen molar-refractivity contribution in [3.05, 3.63) is 107 Å². The maximum absolute atomic E-state index is 13.6. The molecule has 0 saturated heterocycles. The summed E-state index contributed by atoms with van der Waals surface area (Å²) in [5.74, 6) is 0.520. The summed E-state index contributed by atoms with van der Waals surface area (Å²) in [7, 11) is 4.90. The first-order valence-electron chi connectivity index (χ1n) is 11.9. The van der Waals surface area contributed by atoms with Crippen LogP contribution in [0.1, 0.15) is 39.0 Å². The number of hydrogen-bond acceptors (Lipinski definition) is 5. The number of Topliss-reactive ketones (excluding diaryl/α,β-unsaturated/α-hetero) is 1. The highest BCUT2D eigenvalue weighted by molar-refractivity contribution is 6.04. The van der Waals surface area contributed by atoms with Crippen molar-refractivity contribution in [2.75, 3.05) is 21.2 Å². The molecule has 1 aromatic heterocycles. The standard InChI is InChI=1S/C30H30N2O5/c1-21(33)26-28(36-19-22-11-7-5-8-12-22)29(37-20-23-13-9-6-10-14-23)27(30(34)31(2)3)32(26)24-15-17-25(35-4)18-16-24/h5-18H,19-20H2,1-4H3. The molecule has 0 spiro atoms. The molecule has 0 saturated carbocycles. The van der Waals surface area contributed by atoms with Gasteiger partial charge in [0.25, 0.3) is 5.91 Å². The SMILES string of the molecule is COc1ccc(-n2c(C(C)=O)c(OCc3ccccc3)c(OCc3ccccc3)c2C(=O)N(C)C)cc1. The van der Waals surface area contributed by atoms with E-state index in [2.05, 4.69) is 0 Å². The van der Waals surface area contributed by atoms with E-state index in [4.69, 9.17) is 14.2 Å². The highest BCUT2D eigenvalue weighted by Gasteiger charge is 2.33. The van der Waals surface area contributed by atoms with Crippen LogP contribution in [0.15, 0.2) is 84.9 Å². The zero-order valence-corrected chi connectivity index (χ0v) is 21.4. The third-order valence-corrected chi connectivity index (χ3v) is 5.81. The van der Waals surface area contributed by atoms with Gasteiger partial charge in [-0.1, -0.05) is 60.7 Å². The van der Waals surface area contributed by atoms with Gasteiger partial charge < -0.3 is 19.1 Å². The molecule has 7 heteroatoms. The molecular formula is C30H30N2O5. The van der Waals surface area contributed by atoms with E-state index >= 15 is 0 Å². The fourth-order valence-corrected chi connectivity index (χ4v) is 3.97. The van der Waals surface area contributed by atoms with Crippen LogP contribution >= 0.6 is 0 Å².